The lowest BCUT2D eigenvalue weighted by Crippen LogP contribution is -2.03. The highest BCUT2D eigenvalue weighted by Gasteiger charge is 2.36. The van der Waals surface area contributed by atoms with Gasteiger partial charge in [0.05, 0.1) is 0 Å². The van der Waals surface area contributed by atoms with Crippen LogP contribution in [0.1, 0.15) is 15.3 Å². The molecule has 2 aromatic carbocycles. The molecule has 0 atom stereocenters. The third-order valence-corrected chi connectivity index (χ3v) is 4.68. The monoisotopic (exact) mass is 365 g/mol. The van der Waals surface area contributed by atoms with Crippen molar-refractivity contribution in [2.75, 3.05) is 0 Å². The van der Waals surface area contributed by atoms with Gasteiger partial charge in [0.15, 0.2) is 0 Å². The van der Waals surface area contributed by atoms with Crippen LogP contribution in [0.25, 0.3) is 11.1 Å². The molecule has 0 saturated carbocycles. The molecule has 0 aliphatic rings. The summed E-state index contributed by atoms with van der Waals surface area (Å²) in [6.07, 6.45) is -4.38. The van der Waals surface area contributed by atoms with E-state index in [1.807, 2.05) is 31.2 Å². The summed E-state index contributed by atoms with van der Waals surface area (Å²) in [5.41, 5.74) is 1.86. The number of hydrogen-bond donors (Lipinski definition) is 1. The van der Waals surface area contributed by atoms with E-state index < -0.39 is 11.1 Å². The Kier molecular flexibility index (Phi) is 5.87. The van der Waals surface area contributed by atoms with Crippen molar-refractivity contribution < 1.29 is 17.9 Å². The van der Waals surface area contributed by atoms with Crippen LogP contribution in [0.4, 0.5) is 13.2 Å². The van der Waals surface area contributed by atoms with Crippen LogP contribution in [0.2, 0.25) is 0 Å². The SMILES string of the molecule is Cc1ccc(OCc2cc(-c3ccccc3)c(C(F)(F)F)s2)cc1.N. The van der Waals surface area contributed by atoms with Crippen molar-refractivity contribution in [3.8, 4) is 16.9 Å². The second-order valence-electron chi connectivity index (χ2n) is 5.42. The second-order valence-corrected chi connectivity index (χ2v) is 6.56. The molecule has 3 rings (SSSR count). The largest absolute Gasteiger partial charge is 0.488 e. The van der Waals surface area contributed by atoms with Gasteiger partial charge in [-0.3, -0.25) is 0 Å². The summed E-state index contributed by atoms with van der Waals surface area (Å²) in [5, 5.41) is 0. The van der Waals surface area contributed by atoms with Gasteiger partial charge in [-0.25, -0.2) is 0 Å². The minimum Gasteiger partial charge on any atom is -0.488 e. The van der Waals surface area contributed by atoms with Crippen molar-refractivity contribution in [1.82, 2.24) is 6.15 Å². The van der Waals surface area contributed by atoms with E-state index in [0.717, 1.165) is 16.9 Å². The minimum absolute atomic E-state index is 0. The zero-order valence-electron chi connectivity index (χ0n) is 13.6. The Bertz CT molecular complexity index is 811. The maximum absolute atomic E-state index is 13.3. The topological polar surface area (TPSA) is 44.2 Å². The average Bonchev–Trinajstić information content (AvgIpc) is 3.00. The number of halogens is 3. The summed E-state index contributed by atoms with van der Waals surface area (Å²) in [4.78, 5) is -0.0436. The Morgan fingerprint density at radius 3 is 2.20 bits per heavy atom. The third-order valence-electron chi connectivity index (χ3n) is 3.53. The molecule has 1 heterocycles. The van der Waals surface area contributed by atoms with Crippen molar-refractivity contribution in [2.24, 2.45) is 0 Å². The highest BCUT2D eigenvalue weighted by atomic mass is 32.1. The molecule has 3 N–H and O–H groups in total. The van der Waals surface area contributed by atoms with Gasteiger partial charge in [-0.2, -0.15) is 13.2 Å². The van der Waals surface area contributed by atoms with Gasteiger partial charge in [0.2, 0.25) is 0 Å². The third kappa shape index (κ3) is 4.61. The zero-order valence-corrected chi connectivity index (χ0v) is 14.5. The van der Waals surface area contributed by atoms with Gasteiger partial charge >= 0.3 is 6.18 Å². The van der Waals surface area contributed by atoms with E-state index in [-0.39, 0.29) is 18.3 Å². The molecular weight excluding hydrogens is 347 g/mol. The molecule has 0 saturated heterocycles. The van der Waals surface area contributed by atoms with E-state index in [9.17, 15) is 13.2 Å². The smallest absolute Gasteiger partial charge is 0.426 e. The standard InChI is InChI=1S/C19H15F3OS.H3N/c1-13-7-9-15(10-8-13)23-12-16-11-17(14-5-3-2-4-6-14)18(24-16)19(20,21)22;/h2-11H,12H2,1H3;1H3. The Balaban J connectivity index is 0.00000225. The van der Waals surface area contributed by atoms with E-state index in [1.54, 1.807) is 36.4 Å². The molecule has 0 unspecified atom stereocenters. The molecule has 0 aliphatic carbocycles. The lowest BCUT2D eigenvalue weighted by Gasteiger charge is -2.07. The molecule has 0 bridgehead atoms. The van der Waals surface area contributed by atoms with Crippen molar-refractivity contribution >= 4 is 11.3 Å². The van der Waals surface area contributed by atoms with Gasteiger partial charge in [-0.1, -0.05) is 48.0 Å². The van der Waals surface area contributed by atoms with Crippen molar-refractivity contribution in [3.05, 3.63) is 76.0 Å². The molecule has 0 amide bonds. The molecule has 0 radical (unpaired) electrons. The lowest BCUT2D eigenvalue weighted by molar-refractivity contribution is -0.133. The number of rotatable bonds is 4. The summed E-state index contributed by atoms with van der Waals surface area (Å²) >= 11 is 0.734. The van der Waals surface area contributed by atoms with E-state index in [4.69, 9.17) is 4.74 Å². The first kappa shape index (κ1) is 19.0. The number of thiophene rings is 1. The van der Waals surface area contributed by atoms with Crippen LogP contribution in [-0.2, 0) is 12.8 Å². The first-order valence-electron chi connectivity index (χ1n) is 7.38. The Labute approximate surface area is 148 Å². The van der Waals surface area contributed by atoms with Crippen LogP contribution < -0.4 is 10.9 Å². The molecule has 2 nitrogen and oxygen atoms in total. The molecule has 1 aromatic heterocycles. The van der Waals surface area contributed by atoms with Gasteiger partial charge < -0.3 is 10.9 Å². The molecule has 25 heavy (non-hydrogen) atoms. The Hall–Kier alpha value is -2.31. The zero-order chi connectivity index (χ0) is 17.2. The van der Waals surface area contributed by atoms with Crippen molar-refractivity contribution in [3.63, 3.8) is 0 Å². The fourth-order valence-electron chi connectivity index (χ4n) is 2.34. The van der Waals surface area contributed by atoms with Gasteiger partial charge in [0, 0.05) is 10.4 Å². The van der Waals surface area contributed by atoms with Crippen LogP contribution >= 0.6 is 11.3 Å². The van der Waals surface area contributed by atoms with Gasteiger partial charge in [0.1, 0.15) is 17.2 Å². The number of aryl methyl sites for hydroxylation is 1. The Morgan fingerprint density at radius 2 is 1.60 bits per heavy atom. The molecular formula is C19H18F3NOS. The summed E-state index contributed by atoms with van der Waals surface area (Å²) < 4.78 is 45.6. The Morgan fingerprint density at radius 1 is 0.960 bits per heavy atom. The minimum atomic E-state index is -4.38. The molecule has 0 aliphatic heterocycles. The van der Waals surface area contributed by atoms with Crippen molar-refractivity contribution in [2.45, 2.75) is 19.7 Å². The number of benzene rings is 2. The van der Waals surface area contributed by atoms with Crippen LogP contribution in [0.3, 0.4) is 0 Å². The molecule has 0 fully saturated rings. The van der Waals surface area contributed by atoms with Crippen LogP contribution in [-0.4, -0.2) is 0 Å². The predicted molar refractivity (Wildman–Crippen MR) is 95.3 cm³/mol. The van der Waals surface area contributed by atoms with Gasteiger partial charge in [-0.15, -0.1) is 11.3 Å². The average molecular weight is 365 g/mol. The normalized spacial score (nSPS) is 11.0. The molecule has 0 spiro atoms. The van der Waals surface area contributed by atoms with Crippen LogP contribution in [0, 0.1) is 6.92 Å². The highest BCUT2D eigenvalue weighted by molar-refractivity contribution is 7.12. The number of ether oxygens (including phenoxy) is 1. The van der Waals surface area contributed by atoms with E-state index in [1.165, 1.54) is 0 Å². The summed E-state index contributed by atoms with van der Waals surface area (Å²) in [6.45, 7) is 2.08. The quantitative estimate of drug-likeness (QED) is 0.575. The summed E-state index contributed by atoms with van der Waals surface area (Å²) in [5.74, 6) is 0.642. The maximum Gasteiger partial charge on any atom is 0.426 e. The number of alkyl halides is 3. The maximum atomic E-state index is 13.3. The fraction of sp³-hybridized carbons (Fsp3) is 0.158. The first-order chi connectivity index (χ1) is 11.4. The highest BCUT2D eigenvalue weighted by Crippen LogP contribution is 2.43. The van der Waals surface area contributed by atoms with Gasteiger partial charge in [-0.05, 0) is 30.7 Å². The van der Waals surface area contributed by atoms with Gasteiger partial charge in [0.25, 0.3) is 0 Å². The predicted octanol–water partition coefficient (Wildman–Crippen LogP) is 6.48. The second kappa shape index (κ2) is 7.72. The van der Waals surface area contributed by atoms with E-state index in [0.29, 0.717) is 16.2 Å². The fourth-order valence-corrected chi connectivity index (χ4v) is 3.30. The van der Waals surface area contributed by atoms with Crippen molar-refractivity contribution in [1.29, 1.82) is 0 Å². The molecule has 3 aromatic rings. The molecule has 6 heteroatoms. The molecule has 132 valence electrons. The van der Waals surface area contributed by atoms with Crippen LogP contribution in [0.5, 0.6) is 5.75 Å². The summed E-state index contributed by atoms with van der Waals surface area (Å²) in [7, 11) is 0. The number of hydrogen-bond acceptors (Lipinski definition) is 3. The lowest BCUT2D eigenvalue weighted by atomic mass is 10.1. The first-order valence-corrected chi connectivity index (χ1v) is 8.20. The van der Waals surface area contributed by atoms with E-state index >= 15 is 0 Å². The van der Waals surface area contributed by atoms with Crippen LogP contribution in [0.15, 0.2) is 60.7 Å². The summed E-state index contributed by atoms with van der Waals surface area (Å²) in [6, 6.07) is 17.6. The van der Waals surface area contributed by atoms with E-state index in [2.05, 4.69) is 0 Å².